The minimum atomic E-state index is -0.0571. The zero-order chi connectivity index (χ0) is 12.3. The molecule has 18 heavy (non-hydrogen) atoms. The van der Waals surface area contributed by atoms with Crippen LogP contribution in [-0.4, -0.2) is 45.0 Å². The predicted octanol–water partition coefficient (Wildman–Crippen LogP) is 0.976. The van der Waals surface area contributed by atoms with Crippen LogP contribution in [0.15, 0.2) is 5.38 Å². The number of aromatic nitrogens is 1. The topological polar surface area (TPSA) is 48.5 Å². The van der Waals surface area contributed by atoms with Gasteiger partial charge in [0.15, 0.2) is 0 Å². The third-order valence-electron chi connectivity index (χ3n) is 4.82. The quantitative estimate of drug-likeness (QED) is 0.865. The highest BCUT2D eigenvalue weighted by Gasteiger charge is 2.63. The van der Waals surface area contributed by atoms with Crippen molar-refractivity contribution in [2.24, 2.45) is 0 Å². The summed E-state index contributed by atoms with van der Waals surface area (Å²) in [6, 6.07) is 0.522. The molecule has 2 atom stereocenters. The van der Waals surface area contributed by atoms with Crippen molar-refractivity contribution in [2.75, 3.05) is 13.2 Å². The number of amides is 1. The molecule has 1 aliphatic carbocycles. The maximum Gasteiger partial charge on any atom is 0.285 e. The van der Waals surface area contributed by atoms with E-state index in [1.54, 1.807) is 0 Å². The minimum Gasteiger partial charge on any atom is -0.282 e. The molecule has 2 saturated heterocycles. The number of hydrogen-bond acceptors (Lipinski definition) is 5. The Morgan fingerprint density at radius 2 is 2.50 bits per heavy atom. The molecule has 1 amide bonds. The van der Waals surface area contributed by atoms with Gasteiger partial charge in [-0.3, -0.25) is 15.1 Å². The molecule has 1 saturated carbocycles. The second kappa shape index (κ2) is 3.53. The summed E-state index contributed by atoms with van der Waals surface area (Å²) in [7, 11) is 0. The average Bonchev–Trinajstić information content (AvgIpc) is 2.73. The van der Waals surface area contributed by atoms with E-state index < -0.39 is 0 Å². The third kappa shape index (κ3) is 1.23. The standard InChI is InChI=1S/C12H16N4OS/c1-8-6-18-14-10(8)11(17)13-16-7-15-5-4-12(15)3-2-9(12)16/h6,9H,2-5,7H2,1H3,(H,13,17). The van der Waals surface area contributed by atoms with E-state index in [0.717, 1.165) is 12.2 Å². The second-order valence-corrected chi connectivity index (χ2v) is 6.20. The second-order valence-electron chi connectivity index (χ2n) is 5.57. The van der Waals surface area contributed by atoms with Crippen LogP contribution in [-0.2, 0) is 0 Å². The lowest BCUT2D eigenvalue weighted by molar-refractivity contribution is -0.0459. The molecule has 6 heteroatoms. The molecule has 3 fully saturated rings. The number of rotatable bonds is 2. The van der Waals surface area contributed by atoms with Gasteiger partial charge in [0.1, 0.15) is 5.69 Å². The lowest BCUT2D eigenvalue weighted by Gasteiger charge is -2.57. The summed E-state index contributed by atoms with van der Waals surface area (Å²) in [5.74, 6) is -0.0571. The number of carbonyl (C=O) groups is 1. The molecule has 5 nitrogen and oxygen atoms in total. The Morgan fingerprint density at radius 1 is 1.61 bits per heavy atom. The van der Waals surface area contributed by atoms with Crippen molar-refractivity contribution >= 4 is 17.4 Å². The molecule has 1 aromatic rings. The molecule has 1 aromatic heterocycles. The molecule has 4 rings (SSSR count). The van der Waals surface area contributed by atoms with Gasteiger partial charge in [-0.2, -0.15) is 4.37 Å². The summed E-state index contributed by atoms with van der Waals surface area (Å²) in [5.41, 5.74) is 4.99. The van der Waals surface area contributed by atoms with E-state index in [9.17, 15) is 4.79 Å². The summed E-state index contributed by atoms with van der Waals surface area (Å²) < 4.78 is 4.16. The van der Waals surface area contributed by atoms with Crippen molar-refractivity contribution in [3.05, 3.63) is 16.6 Å². The van der Waals surface area contributed by atoms with E-state index >= 15 is 0 Å². The minimum absolute atomic E-state index is 0.0571. The van der Waals surface area contributed by atoms with Gasteiger partial charge in [-0.05, 0) is 43.3 Å². The van der Waals surface area contributed by atoms with Crippen LogP contribution in [0.1, 0.15) is 35.3 Å². The molecule has 1 N–H and O–H groups in total. The monoisotopic (exact) mass is 264 g/mol. The molecule has 1 spiro atoms. The zero-order valence-electron chi connectivity index (χ0n) is 10.3. The number of hydrogen-bond donors (Lipinski definition) is 1. The fourth-order valence-corrected chi connectivity index (χ4v) is 4.22. The first-order valence-electron chi connectivity index (χ1n) is 6.44. The SMILES string of the molecule is Cc1csnc1C(=O)NN1CN2CCC23CCC13. The Balaban J connectivity index is 1.50. The molecule has 2 unspecified atom stereocenters. The Hall–Kier alpha value is -0.980. The fourth-order valence-electron chi connectivity index (χ4n) is 3.57. The van der Waals surface area contributed by atoms with Crippen LogP contribution in [0.25, 0.3) is 0 Å². The van der Waals surface area contributed by atoms with Crippen LogP contribution in [0.4, 0.5) is 0 Å². The van der Waals surface area contributed by atoms with E-state index in [0.29, 0.717) is 17.3 Å². The molecule has 3 aliphatic rings. The molecule has 96 valence electrons. The van der Waals surface area contributed by atoms with Crippen LogP contribution in [0, 0.1) is 6.92 Å². The highest BCUT2D eigenvalue weighted by atomic mass is 32.1. The van der Waals surface area contributed by atoms with Crippen LogP contribution in [0.3, 0.4) is 0 Å². The van der Waals surface area contributed by atoms with Crippen molar-refractivity contribution in [2.45, 2.75) is 37.8 Å². The third-order valence-corrected chi connectivity index (χ3v) is 5.57. The van der Waals surface area contributed by atoms with Gasteiger partial charge in [-0.1, -0.05) is 0 Å². The van der Waals surface area contributed by atoms with Crippen molar-refractivity contribution in [1.29, 1.82) is 0 Å². The van der Waals surface area contributed by atoms with Gasteiger partial charge in [-0.25, -0.2) is 5.01 Å². The summed E-state index contributed by atoms with van der Waals surface area (Å²) in [5, 5.41) is 4.04. The van der Waals surface area contributed by atoms with E-state index in [-0.39, 0.29) is 5.91 Å². The molecule has 0 aromatic carbocycles. The molecule has 2 aliphatic heterocycles. The molecule has 0 bridgehead atoms. The van der Waals surface area contributed by atoms with E-state index in [1.807, 2.05) is 12.3 Å². The van der Waals surface area contributed by atoms with Crippen LogP contribution in [0.5, 0.6) is 0 Å². The summed E-state index contributed by atoms with van der Waals surface area (Å²) >= 11 is 1.34. The van der Waals surface area contributed by atoms with Gasteiger partial charge >= 0.3 is 0 Å². The van der Waals surface area contributed by atoms with Gasteiger partial charge < -0.3 is 0 Å². The number of nitrogens with zero attached hydrogens (tertiary/aromatic N) is 3. The normalized spacial score (nSPS) is 34.4. The zero-order valence-corrected chi connectivity index (χ0v) is 11.2. The Bertz CT molecular complexity index is 512. The Labute approximate surface area is 110 Å². The highest BCUT2D eigenvalue weighted by molar-refractivity contribution is 7.03. The van der Waals surface area contributed by atoms with Crippen LogP contribution < -0.4 is 5.43 Å². The maximum absolute atomic E-state index is 12.2. The first kappa shape index (κ1) is 10.9. The highest BCUT2D eigenvalue weighted by Crippen LogP contribution is 2.53. The Kier molecular flexibility index (Phi) is 2.13. The van der Waals surface area contributed by atoms with E-state index in [2.05, 4.69) is 19.7 Å². The molecule has 0 radical (unpaired) electrons. The molecule has 3 heterocycles. The average molecular weight is 264 g/mol. The van der Waals surface area contributed by atoms with Gasteiger partial charge in [0.25, 0.3) is 5.91 Å². The largest absolute Gasteiger partial charge is 0.285 e. The van der Waals surface area contributed by atoms with Crippen molar-refractivity contribution in [3.63, 3.8) is 0 Å². The summed E-state index contributed by atoms with van der Waals surface area (Å²) in [4.78, 5) is 14.7. The Morgan fingerprint density at radius 3 is 3.00 bits per heavy atom. The van der Waals surface area contributed by atoms with E-state index in [4.69, 9.17) is 0 Å². The van der Waals surface area contributed by atoms with E-state index in [1.165, 1.54) is 37.3 Å². The van der Waals surface area contributed by atoms with Gasteiger partial charge in [0.05, 0.1) is 6.67 Å². The number of nitrogens with one attached hydrogen (secondary N) is 1. The molecular weight excluding hydrogens is 248 g/mol. The van der Waals surface area contributed by atoms with Gasteiger partial charge in [-0.15, -0.1) is 0 Å². The smallest absolute Gasteiger partial charge is 0.282 e. The first-order valence-corrected chi connectivity index (χ1v) is 7.28. The number of carbonyl (C=O) groups excluding carboxylic acids is 1. The molecular formula is C12H16N4OS. The lowest BCUT2D eigenvalue weighted by atomic mass is 9.65. The fraction of sp³-hybridized carbons (Fsp3) is 0.667. The van der Waals surface area contributed by atoms with Gasteiger partial charge in [0.2, 0.25) is 0 Å². The predicted molar refractivity (Wildman–Crippen MR) is 68.1 cm³/mol. The number of hydrazine groups is 1. The van der Waals surface area contributed by atoms with Gasteiger partial charge in [0, 0.05) is 23.5 Å². The van der Waals surface area contributed by atoms with Crippen LogP contribution >= 0.6 is 11.5 Å². The maximum atomic E-state index is 12.2. The van der Waals surface area contributed by atoms with Crippen molar-refractivity contribution in [3.8, 4) is 0 Å². The van der Waals surface area contributed by atoms with Crippen molar-refractivity contribution < 1.29 is 4.79 Å². The first-order chi connectivity index (χ1) is 8.71. The summed E-state index contributed by atoms with van der Waals surface area (Å²) in [6.07, 6.45) is 3.78. The number of aryl methyl sites for hydroxylation is 1. The van der Waals surface area contributed by atoms with Crippen molar-refractivity contribution in [1.82, 2.24) is 19.7 Å². The van der Waals surface area contributed by atoms with Crippen LogP contribution in [0.2, 0.25) is 0 Å². The summed E-state index contributed by atoms with van der Waals surface area (Å²) in [6.45, 7) is 3.98. The lowest BCUT2D eigenvalue weighted by Crippen LogP contribution is -2.67.